The first kappa shape index (κ1) is 14.8. The number of carbonyl (C=O) groups is 2. The number of hydrogen-bond acceptors (Lipinski definition) is 4. The molecule has 1 saturated carbocycles. The minimum absolute atomic E-state index is 0.0638. The molecule has 1 heterocycles. The number of amides is 1. The van der Waals surface area contributed by atoms with E-state index < -0.39 is 0 Å². The number of ether oxygens (including phenoxy) is 1. The molecule has 1 fully saturated rings. The van der Waals surface area contributed by atoms with Crippen molar-refractivity contribution in [1.29, 1.82) is 0 Å². The van der Waals surface area contributed by atoms with Crippen molar-refractivity contribution in [3.8, 4) is 0 Å². The van der Waals surface area contributed by atoms with Gasteiger partial charge in [0, 0.05) is 11.7 Å². The third-order valence-electron chi connectivity index (χ3n) is 4.55. The lowest BCUT2D eigenvalue weighted by molar-refractivity contribution is 0.0598. The summed E-state index contributed by atoms with van der Waals surface area (Å²) in [7, 11) is 1.36. The Bertz CT molecular complexity index is 797. The van der Waals surface area contributed by atoms with E-state index in [0.29, 0.717) is 11.1 Å². The van der Waals surface area contributed by atoms with Gasteiger partial charge >= 0.3 is 5.97 Å². The van der Waals surface area contributed by atoms with Gasteiger partial charge in [-0.05, 0) is 42.7 Å². The number of benzene rings is 2. The van der Waals surface area contributed by atoms with Gasteiger partial charge in [0.1, 0.15) is 6.17 Å². The molecule has 0 saturated heterocycles. The van der Waals surface area contributed by atoms with E-state index in [1.54, 1.807) is 12.1 Å². The quantitative estimate of drug-likeness (QED) is 0.882. The van der Waals surface area contributed by atoms with Crippen LogP contribution in [-0.2, 0) is 4.74 Å². The molecule has 1 aliphatic heterocycles. The van der Waals surface area contributed by atoms with Crippen molar-refractivity contribution in [2.75, 3.05) is 12.4 Å². The molecule has 1 aliphatic carbocycles. The molecule has 1 amide bonds. The van der Waals surface area contributed by atoms with Crippen LogP contribution in [-0.4, -0.2) is 29.9 Å². The maximum absolute atomic E-state index is 12.9. The Balaban J connectivity index is 1.71. The molecule has 122 valence electrons. The summed E-state index contributed by atoms with van der Waals surface area (Å²) in [6.45, 7) is 0. The second-order valence-electron chi connectivity index (χ2n) is 6.15. The molecule has 2 aliphatic rings. The van der Waals surface area contributed by atoms with Crippen LogP contribution < -0.4 is 5.32 Å². The summed E-state index contributed by atoms with van der Waals surface area (Å²) in [6.07, 6.45) is 1.85. The van der Waals surface area contributed by atoms with Gasteiger partial charge in [-0.15, -0.1) is 0 Å². The maximum atomic E-state index is 12.9. The summed E-state index contributed by atoms with van der Waals surface area (Å²) < 4.78 is 4.74. The molecule has 0 spiro atoms. The number of fused-ring (bicyclic) bond motifs is 1. The molecular formula is C19H18N2O3. The fourth-order valence-electron chi connectivity index (χ4n) is 3.16. The van der Waals surface area contributed by atoms with Crippen molar-refractivity contribution < 1.29 is 14.3 Å². The number of anilines is 1. The smallest absolute Gasteiger partial charge is 0.337 e. The van der Waals surface area contributed by atoms with Gasteiger partial charge in [0.05, 0.1) is 18.2 Å². The van der Waals surface area contributed by atoms with Crippen molar-refractivity contribution >= 4 is 17.6 Å². The van der Waals surface area contributed by atoms with Crippen LogP contribution in [0.3, 0.4) is 0 Å². The van der Waals surface area contributed by atoms with Crippen molar-refractivity contribution in [1.82, 2.24) is 4.90 Å². The van der Waals surface area contributed by atoms with E-state index in [0.717, 1.165) is 24.1 Å². The molecule has 1 unspecified atom stereocenters. The molecule has 0 radical (unpaired) electrons. The lowest BCUT2D eigenvalue weighted by atomic mass is 10.0. The van der Waals surface area contributed by atoms with E-state index in [4.69, 9.17) is 4.74 Å². The number of hydrogen-bond donors (Lipinski definition) is 1. The number of nitrogens with zero attached hydrogens (tertiary/aromatic N) is 1. The molecule has 5 nitrogen and oxygen atoms in total. The first-order valence-electron chi connectivity index (χ1n) is 8.05. The SMILES string of the molecule is COC(=O)c1ccc(C2Nc3ccccc3C(=O)N2C2CC2)cc1. The van der Waals surface area contributed by atoms with Gasteiger partial charge in [0.25, 0.3) is 5.91 Å². The van der Waals surface area contributed by atoms with Crippen LogP contribution in [0.5, 0.6) is 0 Å². The van der Waals surface area contributed by atoms with Gasteiger partial charge in [-0.3, -0.25) is 4.79 Å². The molecular weight excluding hydrogens is 304 g/mol. The highest BCUT2D eigenvalue weighted by Crippen LogP contribution is 2.40. The Morgan fingerprint density at radius 3 is 2.50 bits per heavy atom. The van der Waals surface area contributed by atoms with Crippen LogP contribution in [0.4, 0.5) is 5.69 Å². The number of para-hydroxylation sites is 1. The van der Waals surface area contributed by atoms with Gasteiger partial charge in [-0.25, -0.2) is 4.79 Å². The highest BCUT2D eigenvalue weighted by atomic mass is 16.5. The Morgan fingerprint density at radius 1 is 1.12 bits per heavy atom. The molecule has 0 aromatic heterocycles. The fraction of sp³-hybridized carbons (Fsp3) is 0.263. The summed E-state index contributed by atoms with van der Waals surface area (Å²) >= 11 is 0. The minimum Gasteiger partial charge on any atom is -0.465 e. The maximum Gasteiger partial charge on any atom is 0.337 e. The lowest BCUT2D eigenvalue weighted by Crippen LogP contribution is -2.44. The zero-order valence-corrected chi connectivity index (χ0v) is 13.4. The Labute approximate surface area is 140 Å². The number of rotatable bonds is 3. The van der Waals surface area contributed by atoms with Crippen molar-refractivity contribution in [2.45, 2.75) is 25.0 Å². The van der Waals surface area contributed by atoms with Crippen molar-refractivity contribution in [2.24, 2.45) is 0 Å². The molecule has 2 aromatic rings. The molecule has 1 atom stereocenters. The van der Waals surface area contributed by atoms with E-state index in [9.17, 15) is 9.59 Å². The van der Waals surface area contributed by atoms with Crippen LogP contribution >= 0.6 is 0 Å². The van der Waals surface area contributed by atoms with E-state index in [1.165, 1.54) is 7.11 Å². The zero-order chi connectivity index (χ0) is 16.7. The second-order valence-corrected chi connectivity index (χ2v) is 6.15. The van der Waals surface area contributed by atoms with E-state index in [2.05, 4.69) is 5.32 Å². The van der Waals surface area contributed by atoms with Crippen LogP contribution in [0.1, 0.15) is 45.3 Å². The molecule has 1 N–H and O–H groups in total. The standard InChI is InChI=1S/C19H18N2O3/c1-24-19(23)13-8-6-12(7-9-13)17-20-16-5-3-2-4-15(16)18(22)21(17)14-10-11-14/h2-9,14,17,20H,10-11H2,1H3. The van der Waals surface area contributed by atoms with Crippen molar-refractivity contribution in [3.63, 3.8) is 0 Å². The largest absolute Gasteiger partial charge is 0.465 e. The van der Waals surface area contributed by atoms with Crippen LogP contribution in [0.25, 0.3) is 0 Å². The van der Waals surface area contributed by atoms with Gasteiger partial charge < -0.3 is 15.0 Å². The van der Waals surface area contributed by atoms with Gasteiger partial charge in [0.2, 0.25) is 0 Å². The Hall–Kier alpha value is -2.82. The normalized spacial score (nSPS) is 19.5. The fourth-order valence-corrected chi connectivity index (χ4v) is 3.16. The van der Waals surface area contributed by atoms with Crippen LogP contribution in [0.2, 0.25) is 0 Å². The predicted molar refractivity (Wildman–Crippen MR) is 89.8 cm³/mol. The predicted octanol–water partition coefficient (Wildman–Crippen LogP) is 3.20. The summed E-state index contributed by atoms with van der Waals surface area (Å²) in [4.78, 5) is 26.4. The number of nitrogens with one attached hydrogen (secondary N) is 1. The monoisotopic (exact) mass is 322 g/mol. The van der Waals surface area contributed by atoms with Gasteiger partial charge in [-0.1, -0.05) is 24.3 Å². The van der Waals surface area contributed by atoms with Crippen LogP contribution in [0.15, 0.2) is 48.5 Å². The third-order valence-corrected chi connectivity index (χ3v) is 4.55. The Morgan fingerprint density at radius 2 is 1.83 bits per heavy atom. The number of carbonyl (C=O) groups excluding carboxylic acids is 2. The highest BCUT2D eigenvalue weighted by Gasteiger charge is 2.41. The first-order chi connectivity index (χ1) is 11.7. The average molecular weight is 322 g/mol. The molecule has 4 rings (SSSR count). The second kappa shape index (κ2) is 5.67. The molecule has 2 aromatic carbocycles. The molecule has 0 bridgehead atoms. The summed E-state index contributed by atoms with van der Waals surface area (Å²) in [6, 6.07) is 15.1. The van der Waals surface area contributed by atoms with E-state index in [-0.39, 0.29) is 24.1 Å². The van der Waals surface area contributed by atoms with Gasteiger partial charge in [0.15, 0.2) is 0 Å². The molecule has 5 heteroatoms. The van der Waals surface area contributed by atoms with E-state index >= 15 is 0 Å². The third kappa shape index (κ3) is 2.42. The summed E-state index contributed by atoms with van der Waals surface area (Å²) in [5, 5.41) is 3.47. The highest BCUT2D eigenvalue weighted by molar-refractivity contribution is 6.02. The topological polar surface area (TPSA) is 58.6 Å². The number of esters is 1. The lowest BCUT2D eigenvalue weighted by Gasteiger charge is -2.38. The minimum atomic E-state index is -0.362. The average Bonchev–Trinajstić information content (AvgIpc) is 3.46. The van der Waals surface area contributed by atoms with Gasteiger partial charge in [-0.2, -0.15) is 0 Å². The van der Waals surface area contributed by atoms with Crippen molar-refractivity contribution in [3.05, 3.63) is 65.2 Å². The van der Waals surface area contributed by atoms with E-state index in [1.807, 2.05) is 41.3 Å². The summed E-state index contributed by atoms with van der Waals surface area (Å²) in [5.74, 6) is -0.299. The number of methoxy groups -OCH3 is 1. The zero-order valence-electron chi connectivity index (χ0n) is 13.4. The first-order valence-corrected chi connectivity index (χ1v) is 8.05. The summed E-state index contributed by atoms with van der Waals surface area (Å²) in [5.41, 5.74) is 3.02. The Kier molecular flexibility index (Phi) is 3.49. The molecule has 24 heavy (non-hydrogen) atoms. The van der Waals surface area contributed by atoms with Crippen LogP contribution in [0, 0.1) is 0 Å².